The van der Waals surface area contributed by atoms with Gasteiger partial charge in [0.1, 0.15) is 5.75 Å². The molecule has 154 valence electrons. The molecular formula is C21H20N4O4S. The number of anilines is 2. The summed E-state index contributed by atoms with van der Waals surface area (Å²) < 4.78 is 5.09. The summed E-state index contributed by atoms with van der Waals surface area (Å²) in [7, 11) is 1.58. The third-order valence-electron chi connectivity index (χ3n) is 3.97. The Morgan fingerprint density at radius 1 is 1.03 bits per heavy atom. The van der Waals surface area contributed by atoms with Crippen LogP contribution in [0.2, 0.25) is 0 Å². The maximum Gasteiger partial charge on any atom is 0.255 e. The zero-order chi connectivity index (χ0) is 21.5. The number of H-pyrrole nitrogens is 1. The van der Waals surface area contributed by atoms with E-state index in [1.165, 1.54) is 6.07 Å². The number of nitrogens with zero attached hydrogens (tertiary/aromatic N) is 1. The van der Waals surface area contributed by atoms with Crippen molar-refractivity contribution in [2.45, 2.75) is 12.1 Å². The molecule has 0 unspecified atom stereocenters. The van der Waals surface area contributed by atoms with Gasteiger partial charge in [0, 0.05) is 28.7 Å². The summed E-state index contributed by atoms with van der Waals surface area (Å²) in [4.78, 5) is 42.6. The molecule has 0 aliphatic rings. The van der Waals surface area contributed by atoms with Crippen LogP contribution in [0.3, 0.4) is 0 Å². The first-order valence-electron chi connectivity index (χ1n) is 8.99. The van der Waals surface area contributed by atoms with Crippen LogP contribution < -0.4 is 20.9 Å². The van der Waals surface area contributed by atoms with Crippen molar-refractivity contribution in [2.75, 3.05) is 23.5 Å². The number of rotatable bonds is 7. The van der Waals surface area contributed by atoms with E-state index in [2.05, 4.69) is 20.6 Å². The molecule has 0 atom stereocenters. The van der Waals surface area contributed by atoms with E-state index in [9.17, 15) is 14.4 Å². The molecule has 3 aromatic rings. The number of ether oxygens (including phenoxy) is 1. The van der Waals surface area contributed by atoms with Crippen LogP contribution in [0.1, 0.15) is 16.1 Å². The van der Waals surface area contributed by atoms with Crippen LogP contribution >= 0.6 is 11.8 Å². The highest BCUT2D eigenvalue weighted by molar-refractivity contribution is 7.99. The van der Waals surface area contributed by atoms with Gasteiger partial charge in [0.2, 0.25) is 5.91 Å². The molecule has 0 spiro atoms. The Balaban J connectivity index is 1.53. The van der Waals surface area contributed by atoms with Crippen LogP contribution in [0.4, 0.5) is 11.4 Å². The highest BCUT2D eigenvalue weighted by Gasteiger charge is 2.09. The first kappa shape index (κ1) is 21.1. The average molecular weight is 424 g/mol. The SMILES string of the molecule is COc1ccc(NC(=O)c2ccc(NC(=O)CSc3nc(C)cc(=O)[nH]3)cc2)cc1. The summed E-state index contributed by atoms with van der Waals surface area (Å²) >= 11 is 1.14. The minimum Gasteiger partial charge on any atom is -0.497 e. The number of nitrogens with one attached hydrogen (secondary N) is 3. The third kappa shape index (κ3) is 5.95. The van der Waals surface area contributed by atoms with Crippen molar-refractivity contribution in [1.82, 2.24) is 9.97 Å². The van der Waals surface area contributed by atoms with E-state index in [0.717, 1.165) is 11.8 Å². The standard InChI is InChI=1S/C21H20N4O4S/c1-13-11-18(26)25-21(22-13)30-12-19(27)23-15-5-3-14(4-6-15)20(28)24-16-7-9-17(29-2)10-8-16/h3-11H,12H2,1-2H3,(H,23,27)(H,24,28)(H,22,25,26). The zero-order valence-corrected chi connectivity index (χ0v) is 17.2. The van der Waals surface area contributed by atoms with Crippen LogP contribution in [0, 0.1) is 6.92 Å². The quantitative estimate of drug-likeness (QED) is 0.397. The Morgan fingerprint density at radius 2 is 1.67 bits per heavy atom. The van der Waals surface area contributed by atoms with E-state index >= 15 is 0 Å². The molecule has 9 heteroatoms. The van der Waals surface area contributed by atoms with Crippen molar-refractivity contribution in [3.63, 3.8) is 0 Å². The lowest BCUT2D eigenvalue weighted by atomic mass is 10.2. The first-order valence-corrected chi connectivity index (χ1v) is 9.97. The van der Waals surface area contributed by atoms with Gasteiger partial charge >= 0.3 is 0 Å². The number of methoxy groups -OCH3 is 1. The molecule has 0 saturated heterocycles. The monoisotopic (exact) mass is 424 g/mol. The van der Waals surface area contributed by atoms with Gasteiger partial charge in [-0.05, 0) is 55.5 Å². The van der Waals surface area contributed by atoms with Crippen LogP contribution in [-0.4, -0.2) is 34.6 Å². The van der Waals surface area contributed by atoms with Gasteiger partial charge in [0.15, 0.2) is 5.16 Å². The molecule has 2 aromatic carbocycles. The summed E-state index contributed by atoms with van der Waals surface area (Å²) in [5, 5.41) is 5.93. The second-order valence-electron chi connectivity index (χ2n) is 6.29. The molecular weight excluding hydrogens is 404 g/mol. The fourth-order valence-electron chi connectivity index (χ4n) is 2.53. The third-order valence-corrected chi connectivity index (χ3v) is 4.84. The number of aromatic amines is 1. The van der Waals surface area contributed by atoms with E-state index in [-0.39, 0.29) is 23.1 Å². The van der Waals surface area contributed by atoms with Crippen LogP contribution in [0.5, 0.6) is 5.75 Å². The molecule has 1 heterocycles. The first-order chi connectivity index (χ1) is 14.4. The van der Waals surface area contributed by atoms with Gasteiger partial charge in [-0.3, -0.25) is 14.4 Å². The van der Waals surface area contributed by atoms with Gasteiger partial charge < -0.3 is 20.4 Å². The molecule has 0 aliphatic heterocycles. The Labute approximate surface area is 177 Å². The average Bonchev–Trinajstić information content (AvgIpc) is 2.72. The number of carbonyl (C=O) groups is 2. The predicted octanol–water partition coefficient (Wildman–Crippen LogP) is 3.07. The van der Waals surface area contributed by atoms with Gasteiger partial charge in [-0.1, -0.05) is 11.8 Å². The summed E-state index contributed by atoms with van der Waals surface area (Å²) in [6.07, 6.45) is 0. The lowest BCUT2D eigenvalue weighted by Crippen LogP contribution is -2.16. The van der Waals surface area contributed by atoms with Crippen molar-refractivity contribution >= 4 is 35.0 Å². The molecule has 0 saturated carbocycles. The van der Waals surface area contributed by atoms with E-state index < -0.39 is 0 Å². The normalized spacial score (nSPS) is 10.3. The molecule has 0 bridgehead atoms. The number of carbonyl (C=O) groups excluding carboxylic acids is 2. The van der Waals surface area contributed by atoms with Gasteiger partial charge in [-0.25, -0.2) is 4.98 Å². The summed E-state index contributed by atoms with van der Waals surface area (Å²) in [6.45, 7) is 1.71. The Hall–Kier alpha value is -3.59. The Morgan fingerprint density at radius 3 is 2.30 bits per heavy atom. The van der Waals surface area contributed by atoms with Crippen LogP contribution in [0.15, 0.2) is 64.5 Å². The molecule has 30 heavy (non-hydrogen) atoms. The topological polar surface area (TPSA) is 113 Å². The number of hydrogen-bond donors (Lipinski definition) is 3. The molecule has 2 amide bonds. The minimum atomic E-state index is -0.261. The summed E-state index contributed by atoms with van der Waals surface area (Å²) in [5.41, 5.74) is 2.00. The van der Waals surface area contributed by atoms with Crippen molar-refractivity contribution in [1.29, 1.82) is 0 Å². The lowest BCUT2D eigenvalue weighted by Gasteiger charge is -2.08. The van der Waals surface area contributed by atoms with E-state index in [4.69, 9.17) is 4.74 Å². The van der Waals surface area contributed by atoms with Gasteiger partial charge in [0.05, 0.1) is 12.9 Å². The van der Waals surface area contributed by atoms with Gasteiger partial charge in [0.25, 0.3) is 11.5 Å². The van der Waals surface area contributed by atoms with E-state index in [0.29, 0.717) is 33.5 Å². The number of hydrogen-bond acceptors (Lipinski definition) is 6. The zero-order valence-electron chi connectivity index (χ0n) is 16.4. The van der Waals surface area contributed by atoms with Gasteiger partial charge in [-0.2, -0.15) is 0 Å². The second-order valence-corrected chi connectivity index (χ2v) is 7.25. The van der Waals surface area contributed by atoms with E-state index in [1.807, 2.05) is 0 Å². The van der Waals surface area contributed by atoms with Crippen molar-refractivity contribution in [2.24, 2.45) is 0 Å². The largest absolute Gasteiger partial charge is 0.497 e. The number of aromatic nitrogens is 2. The smallest absolute Gasteiger partial charge is 0.255 e. The van der Waals surface area contributed by atoms with Crippen molar-refractivity contribution in [3.8, 4) is 5.75 Å². The number of thioether (sulfide) groups is 1. The molecule has 0 radical (unpaired) electrons. The fourth-order valence-corrected chi connectivity index (χ4v) is 3.25. The predicted molar refractivity (Wildman–Crippen MR) is 116 cm³/mol. The number of amides is 2. The molecule has 3 rings (SSSR count). The fraction of sp³-hybridized carbons (Fsp3) is 0.143. The van der Waals surface area contributed by atoms with Crippen LogP contribution in [0.25, 0.3) is 0 Å². The maximum absolute atomic E-state index is 12.3. The van der Waals surface area contributed by atoms with Crippen molar-refractivity contribution < 1.29 is 14.3 Å². The van der Waals surface area contributed by atoms with E-state index in [1.54, 1.807) is 62.6 Å². The minimum absolute atomic E-state index is 0.0894. The molecule has 1 aromatic heterocycles. The highest BCUT2D eigenvalue weighted by Crippen LogP contribution is 2.17. The lowest BCUT2D eigenvalue weighted by molar-refractivity contribution is -0.113. The molecule has 8 nitrogen and oxygen atoms in total. The summed E-state index contributed by atoms with van der Waals surface area (Å²) in [5.74, 6) is 0.282. The maximum atomic E-state index is 12.3. The Kier molecular flexibility index (Phi) is 6.87. The van der Waals surface area contributed by atoms with Crippen molar-refractivity contribution in [3.05, 3.63) is 76.2 Å². The molecule has 3 N–H and O–H groups in total. The van der Waals surface area contributed by atoms with Gasteiger partial charge in [-0.15, -0.1) is 0 Å². The molecule has 0 aliphatic carbocycles. The van der Waals surface area contributed by atoms with Crippen LogP contribution in [-0.2, 0) is 4.79 Å². The number of aryl methyl sites for hydroxylation is 1. The Bertz CT molecular complexity index is 1100. The highest BCUT2D eigenvalue weighted by atomic mass is 32.2. The molecule has 0 fully saturated rings. The second kappa shape index (κ2) is 9.75. The summed E-state index contributed by atoms with van der Waals surface area (Å²) in [6, 6.07) is 15.0. The number of benzene rings is 2.